The van der Waals surface area contributed by atoms with Crippen LogP contribution in [-0.4, -0.2) is 45.2 Å². The van der Waals surface area contributed by atoms with Gasteiger partial charge in [-0.1, -0.05) is 5.16 Å². The summed E-state index contributed by atoms with van der Waals surface area (Å²) in [6.07, 6.45) is -0.160. The maximum atomic E-state index is 5.91. The van der Waals surface area contributed by atoms with Gasteiger partial charge in [-0.25, -0.2) is 0 Å². The molecule has 1 atom stereocenters. The number of hydrogen-bond acceptors (Lipinski definition) is 8. The Hall–Kier alpha value is -1.51. The second-order valence-electron chi connectivity index (χ2n) is 5.41. The van der Waals surface area contributed by atoms with Crippen LogP contribution in [0.4, 0.5) is 5.00 Å². The topological polar surface area (TPSA) is 90.3 Å². The first-order valence-corrected chi connectivity index (χ1v) is 7.75. The number of aryl methyl sites for hydroxylation is 1. The lowest BCUT2D eigenvalue weighted by Crippen LogP contribution is -2.42. The molecule has 1 fully saturated rings. The quantitative estimate of drug-likeness (QED) is 0.925. The number of nitrogens with zero attached hydrogens (tertiary/aromatic N) is 4. The van der Waals surface area contributed by atoms with Crippen LogP contribution < -0.4 is 5.73 Å². The summed E-state index contributed by atoms with van der Waals surface area (Å²) in [4.78, 5) is 6.79. The zero-order chi connectivity index (χ0) is 15.0. The number of morpholine rings is 1. The number of aromatic nitrogens is 3. The molecule has 114 valence electrons. The second-order valence-corrected chi connectivity index (χ2v) is 6.22. The highest BCUT2D eigenvalue weighted by atomic mass is 32.1. The number of hydrogen-bond donors (Lipinski definition) is 1. The van der Waals surface area contributed by atoms with Gasteiger partial charge >= 0.3 is 0 Å². The molecule has 0 bridgehead atoms. The summed E-state index contributed by atoms with van der Waals surface area (Å²) < 4.78 is 15.3. The van der Waals surface area contributed by atoms with Crippen molar-refractivity contribution < 1.29 is 9.26 Å². The van der Waals surface area contributed by atoms with Crippen molar-refractivity contribution in [2.24, 2.45) is 0 Å². The first-order valence-electron chi connectivity index (χ1n) is 6.97. The predicted octanol–water partition coefficient (Wildman–Crippen LogP) is 1.87. The number of nitrogens with two attached hydrogens (primary N) is 1. The van der Waals surface area contributed by atoms with Crippen molar-refractivity contribution in [2.45, 2.75) is 32.9 Å². The summed E-state index contributed by atoms with van der Waals surface area (Å²) in [5.41, 5.74) is 7.45. The molecule has 0 amide bonds. The number of nitrogen functional groups attached to an aromatic ring is 1. The predicted molar refractivity (Wildman–Crippen MR) is 80.0 cm³/mol. The van der Waals surface area contributed by atoms with E-state index in [9.17, 15) is 0 Å². The normalized spacial score (nSPS) is 20.3. The second kappa shape index (κ2) is 5.70. The van der Waals surface area contributed by atoms with Crippen LogP contribution in [0.1, 0.15) is 31.5 Å². The molecule has 0 aromatic carbocycles. The van der Waals surface area contributed by atoms with Crippen molar-refractivity contribution in [1.82, 2.24) is 19.4 Å². The van der Waals surface area contributed by atoms with E-state index in [0.717, 1.165) is 24.3 Å². The number of rotatable bonds is 3. The van der Waals surface area contributed by atoms with Crippen LogP contribution in [0.2, 0.25) is 0 Å². The van der Waals surface area contributed by atoms with Crippen molar-refractivity contribution in [2.75, 3.05) is 25.4 Å². The van der Waals surface area contributed by atoms with E-state index >= 15 is 0 Å². The first-order chi connectivity index (χ1) is 10.1. The fourth-order valence-corrected chi connectivity index (χ4v) is 3.06. The van der Waals surface area contributed by atoms with E-state index in [1.54, 1.807) is 0 Å². The van der Waals surface area contributed by atoms with Gasteiger partial charge in [-0.2, -0.15) is 9.36 Å². The fourth-order valence-electron chi connectivity index (χ4n) is 2.41. The average molecular weight is 309 g/mol. The summed E-state index contributed by atoms with van der Waals surface area (Å²) in [5, 5.41) is 4.65. The van der Waals surface area contributed by atoms with Gasteiger partial charge in [0.05, 0.1) is 17.9 Å². The van der Waals surface area contributed by atoms with Crippen LogP contribution in [0, 0.1) is 6.92 Å². The van der Waals surface area contributed by atoms with Crippen LogP contribution in [0.5, 0.6) is 0 Å². The molecular formula is C13H19N5O2S. The Morgan fingerprint density at radius 3 is 2.90 bits per heavy atom. The van der Waals surface area contributed by atoms with Crippen molar-refractivity contribution in [1.29, 1.82) is 0 Å². The summed E-state index contributed by atoms with van der Waals surface area (Å²) in [5.74, 6) is 0.986. The molecule has 2 aromatic heterocycles. The molecule has 3 rings (SSSR count). The molecule has 2 aromatic rings. The molecular weight excluding hydrogens is 290 g/mol. The van der Waals surface area contributed by atoms with Crippen molar-refractivity contribution >= 4 is 16.5 Å². The summed E-state index contributed by atoms with van der Waals surface area (Å²) in [6.45, 7) is 8.60. The molecule has 0 spiro atoms. The smallest absolute Gasteiger partial charge is 0.262 e. The molecule has 0 saturated carbocycles. The Morgan fingerprint density at radius 1 is 1.43 bits per heavy atom. The molecule has 7 nitrogen and oxygen atoms in total. The van der Waals surface area contributed by atoms with Gasteiger partial charge in [-0.15, -0.1) is 0 Å². The molecule has 21 heavy (non-hydrogen) atoms. The highest BCUT2D eigenvalue weighted by Gasteiger charge is 2.28. The van der Waals surface area contributed by atoms with Crippen molar-refractivity contribution in [3.63, 3.8) is 0 Å². The maximum Gasteiger partial charge on any atom is 0.262 e. The maximum absolute atomic E-state index is 5.91. The Balaban J connectivity index is 1.82. The van der Waals surface area contributed by atoms with E-state index < -0.39 is 0 Å². The highest BCUT2D eigenvalue weighted by Crippen LogP contribution is 2.32. The molecule has 3 heterocycles. The molecule has 0 aliphatic carbocycles. The molecule has 1 saturated heterocycles. The third-order valence-electron chi connectivity index (χ3n) is 3.66. The molecule has 8 heteroatoms. The first kappa shape index (κ1) is 14.4. The third-order valence-corrected chi connectivity index (χ3v) is 4.43. The summed E-state index contributed by atoms with van der Waals surface area (Å²) >= 11 is 1.24. The van der Waals surface area contributed by atoms with Gasteiger partial charge in [0.1, 0.15) is 11.1 Å². The van der Waals surface area contributed by atoms with Crippen molar-refractivity contribution in [3.05, 3.63) is 11.5 Å². The van der Waals surface area contributed by atoms with Gasteiger partial charge in [-0.05, 0) is 32.3 Å². The molecule has 0 radical (unpaired) electrons. The zero-order valence-electron chi connectivity index (χ0n) is 12.4. The van der Waals surface area contributed by atoms with Crippen LogP contribution in [0.15, 0.2) is 4.52 Å². The largest absolute Gasteiger partial charge is 0.389 e. The lowest BCUT2D eigenvalue weighted by molar-refractivity contribution is -0.0450. The number of ether oxygens (including phenoxy) is 1. The lowest BCUT2D eigenvalue weighted by Gasteiger charge is -2.34. The fraction of sp³-hybridized carbons (Fsp3) is 0.615. The number of anilines is 1. The van der Waals surface area contributed by atoms with Crippen molar-refractivity contribution in [3.8, 4) is 11.5 Å². The highest BCUT2D eigenvalue weighted by molar-refractivity contribution is 7.10. The Bertz CT molecular complexity index is 604. The minimum Gasteiger partial charge on any atom is -0.389 e. The monoisotopic (exact) mass is 309 g/mol. The van der Waals surface area contributed by atoms with Crippen LogP contribution in [0.25, 0.3) is 11.5 Å². The van der Waals surface area contributed by atoms with E-state index in [-0.39, 0.29) is 6.10 Å². The molecule has 1 unspecified atom stereocenters. The average Bonchev–Trinajstić information content (AvgIpc) is 3.06. The summed E-state index contributed by atoms with van der Waals surface area (Å²) in [7, 11) is 0. The summed E-state index contributed by atoms with van der Waals surface area (Å²) in [6, 6.07) is 0.474. The standard InChI is InChI=1S/C13H19N5O2S/c1-7(2)18-4-5-19-9(6-18)12-15-13(20-16-12)10-8(3)17-21-11(10)14/h7,9H,4-6,14H2,1-3H3. The van der Waals surface area contributed by atoms with Gasteiger partial charge in [0.2, 0.25) is 5.82 Å². The molecule has 1 aliphatic rings. The molecule has 2 N–H and O–H groups in total. The van der Waals surface area contributed by atoms with Crippen LogP contribution in [-0.2, 0) is 4.74 Å². The van der Waals surface area contributed by atoms with Gasteiger partial charge in [0, 0.05) is 19.1 Å². The Morgan fingerprint density at radius 2 is 2.24 bits per heavy atom. The van der Waals surface area contributed by atoms with Crippen LogP contribution in [0.3, 0.4) is 0 Å². The zero-order valence-corrected chi connectivity index (χ0v) is 13.2. The van der Waals surface area contributed by atoms with E-state index in [1.807, 2.05) is 6.92 Å². The van der Waals surface area contributed by atoms with Crippen LogP contribution >= 0.6 is 11.5 Å². The van der Waals surface area contributed by atoms with E-state index in [1.165, 1.54) is 11.5 Å². The van der Waals surface area contributed by atoms with E-state index in [0.29, 0.717) is 29.4 Å². The van der Waals surface area contributed by atoms with Gasteiger partial charge in [0.25, 0.3) is 5.89 Å². The Labute approximate surface area is 127 Å². The minimum absolute atomic E-state index is 0.160. The van der Waals surface area contributed by atoms with E-state index in [4.69, 9.17) is 15.0 Å². The van der Waals surface area contributed by atoms with Gasteiger partial charge in [-0.3, -0.25) is 4.90 Å². The SMILES string of the molecule is Cc1nsc(N)c1-c1nc(C2CN(C(C)C)CCO2)no1. The molecule has 1 aliphatic heterocycles. The van der Waals surface area contributed by atoms with Gasteiger partial charge < -0.3 is 15.0 Å². The lowest BCUT2D eigenvalue weighted by atomic mass is 10.2. The Kier molecular flexibility index (Phi) is 3.92. The minimum atomic E-state index is -0.160. The van der Waals surface area contributed by atoms with E-state index in [2.05, 4.69) is 33.3 Å². The van der Waals surface area contributed by atoms with Gasteiger partial charge in [0.15, 0.2) is 0 Å². The third kappa shape index (κ3) is 2.78.